The van der Waals surface area contributed by atoms with Gasteiger partial charge in [0.2, 0.25) is 0 Å². The Hall–Kier alpha value is -1.05. The molecule has 2 heteroatoms. The summed E-state index contributed by atoms with van der Waals surface area (Å²) < 4.78 is 17.6. The Bertz CT molecular complexity index is 281. The second kappa shape index (κ2) is 9.03. The number of alkyl halides is 1. The molecule has 1 aromatic carbocycles. The van der Waals surface area contributed by atoms with Crippen LogP contribution in [0.3, 0.4) is 0 Å². The van der Waals surface area contributed by atoms with Gasteiger partial charge in [0, 0.05) is 0 Å². The van der Waals surface area contributed by atoms with Crippen LogP contribution in [-0.2, 0) is 6.42 Å². The van der Waals surface area contributed by atoms with Gasteiger partial charge in [-0.15, -0.1) is 0 Å². The van der Waals surface area contributed by atoms with E-state index in [1.807, 2.05) is 24.3 Å². The van der Waals surface area contributed by atoms with Crippen LogP contribution in [0.2, 0.25) is 0 Å². The van der Waals surface area contributed by atoms with Gasteiger partial charge in [0.05, 0.1) is 13.3 Å². The van der Waals surface area contributed by atoms with E-state index in [9.17, 15) is 4.39 Å². The van der Waals surface area contributed by atoms with E-state index in [1.165, 1.54) is 24.8 Å². The van der Waals surface area contributed by atoms with Crippen LogP contribution in [0, 0.1) is 0 Å². The Morgan fingerprint density at radius 3 is 2.41 bits per heavy atom. The van der Waals surface area contributed by atoms with Gasteiger partial charge < -0.3 is 4.74 Å². The van der Waals surface area contributed by atoms with Crippen molar-refractivity contribution in [2.24, 2.45) is 0 Å². The average Bonchev–Trinajstić information content (AvgIpc) is 2.37. The molecule has 0 heterocycles. The normalized spacial score (nSPS) is 10.5. The Balaban J connectivity index is 2.20. The highest BCUT2D eigenvalue weighted by Crippen LogP contribution is 2.14. The molecule has 0 saturated carbocycles. The van der Waals surface area contributed by atoms with Crippen LogP contribution in [0.4, 0.5) is 4.39 Å². The number of ether oxygens (including phenoxy) is 1. The molecule has 0 fully saturated rings. The maximum absolute atomic E-state index is 12.0. The predicted octanol–water partition coefficient (Wildman–Crippen LogP) is 4.55. The molecule has 0 N–H and O–H groups in total. The van der Waals surface area contributed by atoms with E-state index in [-0.39, 0.29) is 6.67 Å². The lowest BCUT2D eigenvalue weighted by Gasteiger charge is -2.06. The van der Waals surface area contributed by atoms with Gasteiger partial charge in [-0.2, -0.15) is 0 Å². The number of unbranched alkanes of at least 4 members (excludes halogenated alkanes) is 3. The van der Waals surface area contributed by atoms with Crippen LogP contribution in [0.25, 0.3) is 0 Å². The van der Waals surface area contributed by atoms with Crippen LogP contribution in [-0.4, -0.2) is 13.3 Å². The summed E-state index contributed by atoms with van der Waals surface area (Å²) in [6.45, 7) is 2.76. The molecular weight excluding hydrogens is 215 g/mol. The van der Waals surface area contributed by atoms with Gasteiger partial charge in [-0.3, -0.25) is 4.39 Å². The third-order valence-electron chi connectivity index (χ3n) is 2.79. The minimum absolute atomic E-state index is 0.240. The summed E-state index contributed by atoms with van der Waals surface area (Å²) >= 11 is 0. The van der Waals surface area contributed by atoms with Crippen molar-refractivity contribution in [3.8, 4) is 5.75 Å². The molecule has 1 rings (SSSR count). The number of benzene rings is 1. The first-order valence-electron chi connectivity index (χ1n) is 6.64. The van der Waals surface area contributed by atoms with E-state index in [4.69, 9.17) is 4.74 Å². The van der Waals surface area contributed by atoms with Gasteiger partial charge in [-0.25, -0.2) is 0 Å². The highest BCUT2D eigenvalue weighted by Gasteiger charge is 1.96. The predicted molar refractivity (Wildman–Crippen MR) is 70.4 cm³/mol. The Morgan fingerprint density at radius 1 is 1.00 bits per heavy atom. The third kappa shape index (κ3) is 6.30. The van der Waals surface area contributed by atoms with Crippen LogP contribution in [0.1, 0.15) is 44.6 Å². The summed E-state index contributed by atoms with van der Waals surface area (Å²) in [6, 6.07) is 8.01. The molecule has 0 aliphatic carbocycles. The van der Waals surface area contributed by atoms with Crippen LogP contribution < -0.4 is 4.74 Å². The summed E-state index contributed by atoms with van der Waals surface area (Å²) in [5.74, 6) is 0.922. The Morgan fingerprint density at radius 2 is 1.76 bits per heavy atom. The van der Waals surface area contributed by atoms with Crippen molar-refractivity contribution in [1.82, 2.24) is 0 Å². The number of hydrogen-bond acceptors (Lipinski definition) is 1. The van der Waals surface area contributed by atoms with Crippen LogP contribution in [0.15, 0.2) is 24.3 Å². The molecule has 0 aliphatic rings. The van der Waals surface area contributed by atoms with Gasteiger partial charge >= 0.3 is 0 Å². The number of halogens is 1. The molecule has 0 aliphatic heterocycles. The second-order valence-electron chi connectivity index (χ2n) is 4.35. The van der Waals surface area contributed by atoms with Gasteiger partial charge in [0.1, 0.15) is 5.75 Å². The van der Waals surface area contributed by atoms with Gasteiger partial charge in [0.25, 0.3) is 0 Å². The molecule has 1 aromatic rings. The van der Waals surface area contributed by atoms with Crippen LogP contribution >= 0.6 is 0 Å². The third-order valence-corrected chi connectivity index (χ3v) is 2.79. The monoisotopic (exact) mass is 238 g/mol. The van der Waals surface area contributed by atoms with E-state index < -0.39 is 0 Å². The summed E-state index contributed by atoms with van der Waals surface area (Å²) in [5.41, 5.74) is 1.18. The lowest BCUT2D eigenvalue weighted by atomic mass is 10.1. The zero-order valence-corrected chi connectivity index (χ0v) is 10.8. The standard InChI is InChI=1S/C15H23FO/c1-2-3-4-5-13-17-15-10-8-14(9-11-15)7-6-12-16/h8-11H,2-7,12-13H2,1H3. The fraction of sp³-hybridized carbons (Fsp3) is 0.600. The molecule has 96 valence electrons. The summed E-state index contributed by atoms with van der Waals surface area (Å²) in [5, 5.41) is 0. The molecule has 0 bridgehead atoms. The largest absolute Gasteiger partial charge is 0.494 e. The second-order valence-corrected chi connectivity index (χ2v) is 4.35. The summed E-state index contributed by atoms with van der Waals surface area (Å²) in [4.78, 5) is 0. The van der Waals surface area contributed by atoms with E-state index in [0.717, 1.165) is 25.2 Å². The van der Waals surface area contributed by atoms with Crippen molar-refractivity contribution in [1.29, 1.82) is 0 Å². The minimum atomic E-state index is -0.240. The zero-order valence-electron chi connectivity index (χ0n) is 10.8. The molecule has 0 saturated heterocycles. The fourth-order valence-corrected chi connectivity index (χ4v) is 1.74. The Labute approximate surface area is 104 Å². The first-order chi connectivity index (χ1) is 8.36. The van der Waals surface area contributed by atoms with Crippen molar-refractivity contribution >= 4 is 0 Å². The summed E-state index contributed by atoms with van der Waals surface area (Å²) in [7, 11) is 0. The topological polar surface area (TPSA) is 9.23 Å². The quantitative estimate of drug-likeness (QED) is 0.573. The number of hydrogen-bond donors (Lipinski definition) is 0. The SMILES string of the molecule is CCCCCCOc1ccc(CCCF)cc1. The van der Waals surface area contributed by atoms with Gasteiger partial charge in [-0.05, 0) is 37.0 Å². The molecule has 0 unspecified atom stereocenters. The maximum atomic E-state index is 12.0. The molecule has 1 nitrogen and oxygen atoms in total. The smallest absolute Gasteiger partial charge is 0.119 e. The molecule has 0 amide bonds. The lowest BCUT2D eigenvalue weighted by Crippen LogP contribution is -1.97. The first-order valence-corrected chi connectivity index (χ1v) is 6.64. The van der Waals surface area contributed by atoms with E-state index in [0.29, 0.717) is 6.42 Å². The molecular formula is C15H23FO. The maximum Gasteiger partial charge on any atom is 0.119 e. The van der Waals surface area contributed by atoms with E-state index in [2.05, 4.69) is 6.92 Å². The molecule has 0 radical (unpaired) electrons. The van der Waals surface area contributed by atoms with E-state index in [1.54, 1.807) is 0 Å². The highest BCUT2D eigenvalue weighted by molar-refractivity contribution is 5.27. The molecule has 0 aromatic heterocycles. The van der Waals surface area contributed by atoms with Crippen molar-refractivity contribution in [3.63, 3.8) is 0 Å². The van der Waals surface area contributed by atoms with Crippen LogP contribution in [0.5, 0.6) is 5.75 Å². The first kappa shape index (κ1) is 14.0. The Kier molecular flexibility index (Phi) is 7.44. The molecule has 0 atom stereocenters. The highest BCUT2D eigenvalue weighted by atomic mass is 19.1. The number of aryl methyl sites for hydroxylation is 1. The molecule has 0 spiro atoms. The minimum Gasteiger partial charge on any atom is -0.494 e. The average molecular weight is 238 g/mol. The molecule has 17 heavy (non-hydrogen) atoms. The van der Waals surface area contributed by atoms with E-state index >= 15 is 0 Å². The van der Waals surface area contributed by atoms with Gasteiger partial charge in [-0.1, -0.05) is 38.3 Å². The van der Waals surface area contributed by atoms with Crippen molar-refractivity contribution in [2.75, 3.05) is 13.3 Å². The van der Waals surface area contributed by atoms with Crippen molar-refractivity contribution in [2.45, 2.75) is 45.4 Å². The zero-order chi connectivity index (χ0) is 12.3. The van der Waals surface area contributed by atoms with Gasteiger partial charge in [0.15, 0.2) is 0 Å². The fourth-order valence-electron chi connectivity index (χ4n) is 1.74. The lowest BCUT2D eigenvalue weighted by molar-refractivity contribution is 0.305. The van der Waals surface area contributed by atoms with Crippen molar-refractivity contribution in [3.05, 3.63) is 29.8 Å². The summed E-state index contributed by atoms with van der Waals surface area (Å²) in [6.07, 6.45) is 6.32. The van der Waals surface area contributed by atoms with Crippen molar-refractivity contribution < 1.29 is 9.13 Å². The number of rotatable bonds is 9.